The van der Waals surface area contributed by atoms with E-state index >= 15 is 0 Å². The van der Waals surface area contributed by atoms with Crippen LogP contribution in [-0.2, 0) is 23.1 Å². The average molecular weight is 383 g/mol. The second-order valence-corrected chi connectivity index (χ2v) is 7.37. The molecule has 0 bridgehead atoms. The molecule has 148 valence electrons. The predicted octanol–water partition coefficient (Wildman–Crippen LogP) is 0.695. The zero-order valence-corrected chi connectivity index (χ0v) is 16.4. The van der Waals surface area contributed by atoms with E-state index in [2.05, 4.69) is 20.2 Å². The summed E-state index contributed by atoms with van der Waals surface area (Å²) in [7, 11) is 5.88. The fourth-order valence-electron chi connectivity index (χ4n) is 3.70. The van der Waals surface area contributed by atoms with Crippen molar-refractivity contribution in [2.24, 2.45) is 7.05 Å². The molecule has 1 aliphatic heterocycles. The number of benzene rings is 1. The topological polar surface area (TPSA) is 81.3 Å². The molecule has 1 fully saturated rings. The molecule has 0 unspecified atom stereocenters. The third-order valence-corrected chi connectivity index (χ3v) is 4.89. The Kier molecular flexibility index (Phi) is 5.10. The highest BCUT2D eigenvalue weighted by Gasteiger charge is 2.37. The predicted molar refractivity (Wildman–Crippen MR) is 103 cm³/mol. The molecule has 0 aliphatic carbocycles. The normalized spacial score (nSPS) is 20.2. The molecule has 0 spiro atoms. The molecular formula is C19H25N7O2. The standard InChI is InChI=1S/C19H25N7O2/c1-23(2)12-17-19(14-10-20-24(3)11-14)25(8-9-28-17)18(27)13-26-21-15-6-4-5-7-16(15)22-26/h4-7,10-11,17,19H,8-9,12-13H2,1-3H3/t17-,19-/m0/s1. The van der Waals surface area contributed by atoms with Crippen LogP contribution in [0.1, 0.15) is 11.6 Å². The van der Waals surface area contributed by atoms with E-state index in [9.17, 15) is 4.79 Å². The number of aromatic nitrogens is 5. The third kappa shape index (κ3) is 3.76. The summed E-state index contributed by atoms with van der Waals surface area (Å²) in [6.07, 6.45) is 3.63. The molecule has 2 aromatic heterocycles. The van der Waals surface area contributed by atoms with Crippen molar-refractivity contribution in [2.45, 2.75) is 18.7 Å². The second-order valence-electron chi connectivity index (χ2n) is 7.37. The highest BCUT2D eigenvalue weighted by atomic mass is 16.5. The number of hydrogen-bond donors (Lipinski definition) is 0. The molecule has 0 saturated carbocycles. The van der Waals surface area contributed by atoms with E-state index < -0.39 is 0 Å². The number of morpholine rings is 1. The SMILES string of the molecule is CN(C)C[C@@H]1OCCN(C(=O)Cn2nc3ccccc3n2)[C@H]1c1cnn(C)c1. The number of carbonyl (C=O) groups is 1. The molecule has 1 amide bonds. The minimum atomic E-state index is -0.192. The molecule has 0 radical (unpaired) electrons. The van der Waals surface area contributed by atoms with Crippen molar-refractivity contribution < 1.29 is 9.53 Å². The number of fused-ring (bicyclic) bond motifs is 1. The van der Waals surface area contributed by atoms with Crippen LogP contribution in [0.25, 0.3) is 11.0 Å². The zero-order valence-electron chi connectivity index (χ0n) is 16.4. The molecule has 9 nitrogen and oxygen atoms in total. The van der Waals surface area contributed by atoms with Crippen LogP contribution in [-0.4, -0.2) is 80.4 Å². The molecule has 1 aromatic carbocycles. The van der Waals surface area contributed by atoms with E-state index in [-0.39, 0.29) is 24.6 Å². The Labute approximate surface area is 163 Å². The number of nitrogens with zero attached hydrogens (tertiary/aromatic N) is 7. The molecule has 4 rings (SSSR count). The van der Waals surface area contributed by atoms with Gasteiger partial charge in [0, 0.05) is 31.9 Å². The van der Waals surface area contributed by atoms with Gasteiger partial charge in [0.2, 0.25) is 5.91 Å². The maximum Gasteiger partial charge on any atom is 0.246 e. The van der Waals surface area contributed by atoms with Gasteiger partial charge in [0.1, 0.15) is 17.6 Å². The number of hydrogen-bond acceptors (Lipinski definition) is 6. The van der Waals surface area contributed by atoms with Gasteiger partial charge < -0.3 is 14.5 Å². The molecule has 3 aromatic rings. The second kappa shape index (κ2) is 7.69. The molecular weight excluding hydrogens is 358 g/mol. The van der Waals surface area contributed by atoms with Crippen LogP contribution in [0.3, 0.4) is 0 Å². The minimum Gasteiger partial charge on any atom is -0.373 e. The van der Waals surface area contributed by atoms with Gasteiger partial charge in [0.25, 0.3) is 0 Å². The minimum absolute atomic E-state index is 0.0267. The van der Waals surface area contributed by atoms with Crippen molar-refractivity contribution in [3.63, 3.8) is 0 Å². The Morgan fingerprint density at radius 3 is 2.57 bits per heavy atom. The molecule has 1 aliphatic rings. The first-order chi connectivity index (χ1) is 13.5. The Morgan fingerprint density at radius 2 is 1.96 bits per heavy atom. The summed E-state index contributed by atoms with van der Waals surface area (Å²) in [4.78, 5) is 18.6. The van der Waals surface area contributed by atoms with E-state index in [1.54, 1.807) is 4.68 Å². The van der Waals surface area contributed by atoms with E-state index in [1.807, 2.05) is 62.7 Å². The van der Waals surface area contributed by atoms with Gasteiger partial charge in [-0.15, -0.1) is 0 Å². The van der Waals surface area contributed by atoms with Gasteiger partial charge in [-0.05, 0) is 26.2 Å². The van der Waals surface area contributed by atoms with Gasteiger partial charge in [-0.2, -0.15) is 20.1 Å². The number of rotatable bonds is 5. The van der Waals surface area contributed by atoms with Crippen molar-refractivity contribution in [3.05, 3.63) is 42.2 Å². The lowest BCUT2D eigenvalue weighted by Crippen LogP contribution is -2.51. The monoisotopic (exact) mass is 383 g/mol. The summed E-state index contributed by atoms with van der Waals surface area (Å²) in [5.74, 6) is -0.0267. The van der Waals surface area contributed by atoms with Crippen LogP contribution in [0.5, 0.6) is 0 Å². The van der Waals surface area contributed by atoms with Crippen LogP contribution < -0.4 is 0 Å². The average Bonchev–Trinajstić information content (AvgIpc) is 3.26. The summed E-state index contributed by atoms with van der Waals surface area (Å²) >= 11 is 0. The maximum absolute atomic E-state index is 13.2. The summed E-state index contributed by atoms with van der Waals surface area (Å²) < 4.78 is 7.78. The molecule has 0 N–H and O–H groups in total. The summed E-state index contributed by atoms with van der Waals surface area (Å²) in [5.41, 5.74) is 2.54. The number of ether oxygens (including phenoxy) is 1. The lowest BCUT2D eigenvalue weighted by Gasteiger charge is -2.41. The number of amides is 1. The lowest BCUT2D eigenvalue weighted by atomic mass is 10.0. The van der Waals surface area contributed by atoms with Crippen LogP contribution in [0.15, 0.2) is 36.7 Å². The van der Waals surface area contributed by atoms with Crippen molar-refractivity contribution in [2.75, 3.05) is 33.8 Å². The van der Waals surface area contributed by atoms with Crippen LogP contribution >= 0.6 is 0 Å². The molecule has 3 heterocycles. The van der Waals surface area contributed by atoms with Crippen LogP contribution in [0.4, 0.5) is 0 Å². The Bertz CT molecular complexity index is 931. The van der Waals surface area contributed by atoms with Gasteiger partial charge in [-0.3, -0.25) is 9.48 Å². The highest BCUT2D eigenvalue weighted by molar-refractivity contribution is 5.78. The Morgan fingerprint density at radius 1 is 1.25 bits per heavy atom. The largest absolute Gasteiger partial charge is 0.373 e. The van der Waals surface area contributed by atoms with Gasteiger partial charge in [0.15, 0.2) is 0 Å². The summed E-state index contributed by atoms with van der Waals surface area (Å²) in [5, 5.41) is 13.1. The van der Waals surface area contributed by atoms with Gasteiger partial charge in [-0.25, -0.2) is 0 Å². The molecule has 1 saturated heterocycles. The first kappa shape index (κ1) is 18.6. The molecule has 9 heteroatoms. The van der Waals surface area contributed by atoms with Crippen molar-refractivity contribution in [3.8, 4) is 0 Å². The van der Waals surface area contributed by atoms with E-state index in [4.69, 9.17) is 4.74 Å². The maximum atomic E-state index is 13.2. The Balaban J connectivity index is 1.59. The zero-order chi connectivity index (χ0) is 19.7. The third-order valence-electron chi connectivity index (χ3n) is 4.89. The van der Waals surface area contributed by atoms with Crippen molar-refractivity contribution in [1.82, 2.24) is 34.6 Å². The fraction of sp³-hybridized carbons (Fsp3) is 0.474. The fourth-order valence-corrected chi connectivity index (χ4v) is 3.70. The number of likely N-dealkylation sites (N-methyl/N-ethyl adjacent to an activating group) is 1. The first-order valence-electron chi connectivity index (χ1n) is 9.35. The number of aryl methyl sites for hydroxylation is 1. The molecule has 28 heavy (non-hydrogen) atoms. The summed E-state index contributed by atoms with van der Waals surface area (Å²) in [6, 6.07) is 7.42. The Hall–Kier alpha value is -2.78. The molecule has 2 atom stereocenters. The lowest BCUT2D eigenvalue weighted by molar-refractivity contribution is -0.149. The highest BCUT2D eigenvalue weighted by Crippen LogP contribution is 2.30. The first-order valence-corrected chi connectivity index (χ1v) is 9.35. The van der Waals surface area contributed by atoms with Crippen LogP contribution in [0.2, 0.25) is 0 Å². The number of carbonyl (C=O) groups excluding carboxylic acids is 1. The van der Waals surface area contributed by atoms with Gasteiger partial charge >= 0.3 is 0 Å². The van der Waals surface area contributed by atoms with Gasteiger partial charge in [0.05, 0.1) is 24.9 Å². The van der Waals surface area contributed by atoms with Gasteiger partial charge in [-0.1, -0.05) is 12.1 Å². The quantitative estimate of drug-likeness (QED) is 0.645. The summed E-state index contributed by atoms with van der Waals surface area (Å²) in [6.45, 7) is 1.85. The van der Waals surface area contributed by atoms with E-state index in [0.717, 1.165) is 16.6 Å². The van der Waals surface area contributed by atoms with Crippen molar-refractivity contribution in [1.29, 1.82) is 0 Å². The van der Waals surface area contributed by atoms with E-state index in [0.29, 0.717) is 19.7 Å². The van der Waals surface area contributed by atoms with Crippen molar-refractivity contribution >= 4 is 16.9 Å². The van der Waals surface area contributed by atoms with Crippen LogP contribution in [0, 0.1) is 0 Å². The van der Waals surface area contributed by atoms with E-state index in [1.165, 1.54) is 4.80 Å². The smallest absolute Gasteiger partial charge is 0.246 e.